The minimum atomic E-state index is -2.29. The van der Waals surface area contributed by atoms with E-state index in [-0.39, 0.29) is 5.92 Å². The summed E-state index contributed by atoms with van der Waals surface area (Å²) in [6.07, 6.45) is 8.76. The minimum absolute atomic E-state index is 0.155. The third-order valence-corrected chi connectivity index (χ3v) is 10.8. The average Bonchev–Trinajstić information content (AvgIpc) is 2.86. The largest absolute Gasteiger partial charge is 0.290 e. The predicted octanol–water partition coefficient (Wildman–Crippen LogP) is 6.42. The number of Topliss-reactive ketones (excluding diaryl/α,β-unsaturated/α-hetero) is 1. The summed E-state index contributed by atoms with van der Waals surface area (Å²) in [5.74, 6) is 0.536. The maximum Gasteiger partial charge on any atom is 0.201 e. The first-order valence-electron chi connectivity index (χ1n) is 11.6. The van der Waals surface area contributed by atoms with Gasteiger partial charge >= 0.3 is 0 Å². The number of benzene rings is 3. The van der Waals surface area contributed by atoms with Gasteiger partial charge in [0, 0.05) is 5.92 Å². The fourth-order valence-electron chi connectivity index (χ4n) is 4.99. The minimum Gasteiger partial charge on any atom is -0.290 e. The van der Waals surface area contributed by atoms with Crippen molar-refractivity contribution < 1.29 is 4.79 Å². The van der Waals surface area contributed by atoms with Gasteiger partial charge in [-0.3, -0.25) is 4.79 Å². The van der Waals surface area contributed by atoms with Crippen LogP contribution in [0.1, 0.15) is 45.4 Å². The first kappa shape index (κ1) is 21.7. The second-order valence-corrected chi connectivity index (χ2v) is 11.7. The molecule has 0 atom stereocenters. The topological polar surface area (TPSA) is 17.1 Å². The standard InChI is InChI=1S/C29H32OP/c1-2-15-28(29(30)24-16-7-3-8-17-24)31(25-18-9-4-10-19-25,26-20-11-5-12-21-26)27-22-13-6-14-23-27/h4-6,9-15,18-24H,2-3,7-8,16-17H2,1H3/q+1/b28-15+. The first-order valence-corrected chi connectivity index (χ1v) is 13.4. The van der Waals surface area contributed by atoms with Crippen LogP contribution >= 0.6 is 7.26 Å². The number of rotatable bonds is 7. The quantitative estimate of drug-likeness (QED) is 0.314. The second-order valence-electron chi connectivity index (χ2n) is 8.37. The van der Waals surface area contributed by atoms with Crippen molar-refractivity contribution in [1.82, 2.24) is 0 Å². The second kappa shape index (κ2) is 10.2. The van der Waals surface area contributed by atoms with Crippen LogP contribution in [-0.4, -0.2) is 5.78 Å². The highest BCUT2D eigenvalue weighted by atomic mass is 31.2. The number of ketones is 1. The molecule has 0 amide bonds. The number of allylic oxidation sites excluding steroid dienone is 2. The summed E-state index contributed by atoms with van der Waals surface area (Å²) < 4.78 is 0. The molecular weight excluding hydrogens is 395 g/mol. The van der Waals surface area contributed by atoms with Crippen molar-refractivity contribution in [2.75, 3.05) is 0 Å². The highest BCUT2D eigenvalue weighted by molar-refractivity contribution is 7.99. The molecule has 31 heavy (non-hydrogen) atoms. The van der Waals surface area contributed by atoms with Gasteiger partial charge in [0.25, 0.3) is 0 Å². The Morgan fingerprint density at radius 3 is 1.55 bits per heavy atom. The third kappa shape index (κ3) is 4.30. The van der Waals surface area contributed by atoms with E-state index in [9.17, 15) is 4.79 Å². The van der Waals surface area contributed by atoms with Gasteiger partial charge in [-0.1, -0.05) is 80.8 Å². The van der Waals surface area contributed by atoms with E-state index in [0.29, 0.717) is 5.78 Å². The van der Waals surface area contributed by atoms with Crippen molar-refractivity contribution >= 4 is 29.0 Å². The van der Waals surface area contributed by atoms with E-state index >= 15 is 0 Å². The molecule has 0 aliphatic heterocycles. The lowest BCUT2D eigenvalue weighted by atomic mass is 9.86. The lowest BCUT2D eigenvalue weighted by molar-refractivity contribution is -0.119. The van der Waals surface area contributed by atoms with E-state index in [0.717, 1.165) is 24.6 Å². The Bertz CT molecular complexity index is 906. The summed E-state index contributed by atoms with van der Waals surface area (Å²) >= 11 is 0. The summed E-state index contributed by atoms with van der Waals surface area (Å²) in [6, 6.07) is 32.3. The lowest BCUT2D eigenvalue weighted by Gasteiger charge is -2.31. The molecule has 0 N–H and O–H groups in total. The van der Waals surface area contributed by atoms with E-state index in [1.807, 2.05) is 0 Å². The van der Waals surface area contributed by atoms with Crippen molar-refractivity contribution in [3.63, 3.8) is 0 Å². The zero-order valence-electron chi connectivity index (χ0n) is 18.4. The maximum atomic E-state index is 14.2. The van der Waals surface area contributed by atoms with Gasteiger partial charge in [0.2, 0.25) is 5.78 Å². The Kier molecular flexibility index (Phi) is 7.15. The molecule has 0 saturated heterocycles. The number of hydrogen-bond donors (Lipinski definition) is 0. The van der Waals surface area contributed by atoms with Crippen LogP contribution in [0.5, 0.6) is 0 Å². The molecule has 0 radical (unpaired) electrons. The monoisotopic (exact) mass is 427 g/mol. The smallest absolute Gasteiger partial charge is 0.201 e. The Morgan fingerprint density at radius 2 is 1.16 bits per heavy atom. The molecule has 1 saturated carbocycles. The van der Waals surface area contributed by atoms with Gasteiger partial charge < -0.3 is 0 Å². The van der Waals surface area contributed by atoms with Crippen molar-refractivity contribution in [2.45, 2.75) is 45.4 Å². The van der Waals surface area contributed by atoms with Gasteiger partial charge in [0.15, 0.2) is 0 Å². The Labute approximate surface area is 187 Å². The van der Waals surface area contributed by atoms with Crippen LogP contribution in [-0.2, 0) is 4.79 Å². The summed E-state index contributed by atoms with van der Waals surface area (Å²) in [6.45, 7) is 2.16. The van der Waals surface area contributed by atoms with Crippen LogP contribution in [0.4, 0.5) is 0 Å². The Balaban J connectivity index is 2.02. The molecule has 0 spiro atoms. The molecule has 0 unspecified atom stereocenters. The Morgan fingerprint density at radius 1 is 0.742 bits per heavy atom. The van der Waals surface area contributed by atoms with Crippen molar-refractivity contribution in [2.24, 2.45) is 5.92 Å². The molecule has 0 bridgehead atoms. The van der Waals surface area contributed by atoms with E-state index < -0.39 is 7.26 Å². The van der Waals surface area contributed by atoms with Gasteiger partial charge in [-0.25, -0.2) is 0 Å². The highest BCUT2D eigenvalue weighted by Gasteiger charge is 2.52. The van der Waals surface area contributed by atoms with Gasteiger partial charge in [0.05, 0.1) is 0 Å². The van der Waals surface area contributed by atoms with Crippen LogP contribution in [0.3, 0.4) is 0 Å². The third-order valence-electron chi connectivity index (χ3n) is 6.42. The molecule has 1 nitrogen and oxygen atoms in total. The van der Waals surface area contributed by atoms with Crippen LogP contribution < -0.4 is 15.9 Å². The fraction of sp³-hybridized carbons (Fsp3) is 0.276. The van der Waals surface area contributed by atoms with E-state index in [1.165, 1.54) is 35.2 Å². The van der Waals surface area contributed by atoms with Gasteiger partial charge in [-0.15, -0.1) is 0 Å². The molecule has 158 valence electrons. The van der Waals surface area contributed by atoms with E-state index in [2.05, 4.69) is 104 Å². The molecular formula is C29H32OP+. The molecule has 2 heteroatoms. The molecule has 1 aliphatic carbocycles. The molecule has 1 fully saturated rings. The molecule has 3 aromatic rings. The number of carbonyl (C=O) groups excluding carboxylic acids is 1. The SMILES string of the molecule is CC/C=C(\C(=O)C1CCCCC1)[P+](c1ccccc1)(c1ccccc1)c1ccccc1. The summed E-state index contributed by atoms with van der Waals surface area (Å²) in [4.78, 5) is 14.2. The van der Waals surface area contributed by atoms with Crippen molar-refractivity contribution in [3.8, 4) is 0 Å². The first-order chi connectivity index (χ1) is 15.3. The predicted molar refractivity (Wildman–Crippen MR) is 135 cm³/mol. The van der Waals surface area contributed by atoms with Gasteiger partial charge in [0.1, 0.15) is 28.5 Å². The van der Waals surface area contributed by atoms with Crippen LogP contribution in [0, 0.1) is 5.92 Å². The Hall–Kier alpha value is -2.50. The zero-order chi connectivity index (χ0) is 21.5. The number of carbonyl (C=O) groups is 1. The molecule has 4 rings (SSSR count). The normalized spacial score (nSPS) is 15.6. The highest BCUT2D eigenvalue weighted by Crippen LogP contribution is 2.63. The summed E-state index contributed by atoms with van der Waals surface area (Å²) in [7, 11) is -2.29. The van der Waals surface area contributed by atoms with Gasteiger partial charge in [-0.05, 0) is 61.7 Å². The molecule has 3 aromatic carbocycles. The van der Waals surface area contributed by atoms with Crippen LogP contribution in [0.2, 0.25) is 0 Å². The van der Waals surface area contributed by atoms with Crippen LogP contribution in [0.15, 0.2) is 102 Å². The summed E-state index contributed by atoms with van der Waals surface area (Å²) in [5.41, 5.74) is 0. The summed E-state index contributed by atoms with van der Waals surface area (Å²) in [5, 5.41) is 4.83. The maximum absolute atomic E-state index is 14.2. The van der Waals surface area contributed by atoms with Crippen molar-refractivity contribution in [3.05, 3.63) is 102 Å². The lowest BCUT2D eigenvalue weighted by Crippen LogP contribution is -2.36. The number of hydrogen-bond acceptors (Lipinski definition) is 1. The molecule has 0 aromatic heterocycles. The zero-order valence-corrected chi connectivity index (χ0v) is 19.3. The van der Waals surface area contributed by atoms with Gasteiger partial charge in [-0.2, -0.15) is 0 Å². The average molecular weight is 428 g/mol. The van der Waals surface area contributed by atoms with Crippen LogP contribution in [0.25, 0.3) is 0 Å². The molecule has 1 aliphatic rings. The molecule has 0 heterocycles. The van der Waals surface area contributed by atoms with E-state index in [1.54, 1.807) is 0 Å². The van der Waals surface area contributed by atoms with Crippen molar-refractivity contribution in [1.29, 1.82) is 0 Å². The fourth-order valence-corrected chi connectivity index (χ4v) is 9.55. The van der Waals surface area contributed by atoms with E-state index in [4.69, 9.17) is 0 Å².